The van der Waals surface area contributed by atoms with Gasteiger partial charge in [0.25, 0.3) is 0 Å². The molecular weight excluding hydrogens is 472 g/mol. The molecule has 0 amide bonds. The Bertz CT molecular complexity index is 1800. The van der Waals surface area contributed by atoms with Crippen molar-refractivity contribution >= 4 is 21.8 Å². The van der Waals surface area contributed by atoms with Gasteiger partial charge in [-0.05, 0) is 94.8 Å². The zero-order valence-electron chi connectivity index (χ0n) is 21.8. The summed E-state index contributed by atoms with van der Waals surface area (Å²) in [6.45, 7) is 9.54. The molecule has 0 spiro atoms. The van der Waals surface area contributed by atoms with E-state index in [1.807, 2.05) is 65.0 Å². The van der Waals surface area contributed by atoms with Crippen LogP contribution >= 0.6 is 0 Å². The third-order valence-corrected chi connectivity index (χ3v) is 6.57. The second-order valence-corrected chi connectivity index (χ2v) is 9.42. The second kappa shape index (κ2) is 8.82. The van der Waals surface area contributed by atoms with Crippen LogP contribution in [-0.2, 0) is 0 Å². The van der Waals surface area contributed by atoms with Crippen LogP contribution in [0.3, 0.4) is 0 Å². The Hall–Kier alpha value is -5.03. The monoisotopic (exact) mass is 496 g/mol. The minimum Gasteiger partial charge on any atom is -0.309 e. The van der Waals surface area contributed by atoms with E-state index < -0.39 is 0 Å². The molecule has 184 valence electrons. The normalized spacial score (nSPS) is 11.3. The van der Waals surface area contributed by atoms with Gasteiger partial charge in [0.05, 0.1) is 22.7 Å². The van der Waals surface area contributed by atoms with Crippen molar-refractivity contribution in [3.05, 3.63) is 89.0 Å². The predicted octanol–water partition coefficient (Wildman–Crippen LogP) is 5.90. The fourth-order valence-corrected chi connectivity index (χ4v) is 5.03. The lowest BCUT2D eigenvalue weighted by Gasteiger charge is -2.12. The maximum absolute atomic E-state index is 9.39. The molecule has 0 atom stereocenters. The Labute approximate surface area is 219 Å². The van der Waals surface area contributed by atoms with Crippen LogP contribution in [0.2, 0.25) is 0 Å². The first-order valence-electron chi connectivity index (χ1n) is 12.3. The molecule has 3 aromatic heterocycles. The van der Waals surface area contributed by atoms with Gasteiger partial charge in [-0.3, -0.25) is 0 Å². The van der Waals surface area contributed by atoms with Crippen LogP contribution < -0.4 is 0 Å². The summed E-state index contributed by atoms with van der Waals surface area (Å²) in [5.41, 5.74) is 6.58. The maximum Gasteiger partial charge on any atom is 0.163 e. The SMILES string of the molecule is Cc1nc(C)nc(-c2ccc3c(c2)c2cc(-c4nc(C)nc(C)n4)ccc2n3-c2ccc(C#N)cc2C)n1. The average Bonchev–Trinajstić information content (AvgIpc) is 3.20. The molecule has 3 aromatic carbocycles. The van der Waals surface area contributed by atoms with Crippen molar-refractivity contribution in [2.45, 2.75) is 34.6 Å². The summed E-state index contributed by atoms with van der Waals surface area (Å²) in [6.07, 6.45) is 0. The Morgan fingerprint density at radius 2 is 1.05 bits per heavy atom. The lowest BCUT2D eigenvalue weighted by molar-refractivity contribution is 0.928. The molecule has 6 rings (SSSR count). The Kier molecular flexibility index (Phi) is 5.42. The highest BCUT2D eigenvalue weighted by atomic mass is 15.0. The van der Waals surface area contributed by atoms with E-state index in [9.17, 15) is 5.26 Å². The van der Waals surface area contributed by atoms with Gasteiger partial charge < -0.3 is 4.57 Å². The predicted molar refractivity (Wildman–Crippen MR) is 147 cm³/mol. The fourth-order valence-electron chi connectivity index (χ4n) is 5.03. The standard InChI is InChI=1S/C30H24N8/c1-16-12-21(15-31)6-9-26(16)38-27-10-7-22(29-34-17(2)32-18(3)35-29)13-24(27)25-14-23(8-11-28(25)38)30-36-19(4)33-20(5)37-30/h6-14H,1-5H3. The van der Waals surface area contributed by atoms with Crippen molar-refractivity contribution in [2.24, 2.45) is 0 Å². The molecule has 0 fully saturated rings. The zero-order valence-corrected chi connectivity index (χ0v) is 21.8. The molecule has 0 aliphatic rings. The van der Waals surface area contributed by atoms with Crippen LogP contribution in [0.25, 0.3) is 50.3 Å². The first-order chi connectivity index (χ1) is 18.3. The summed E-state index contributed by atoms with van der Waals surface area (Å²) < 4.78 is 2.24. The highest BCUT2D eigenvalue weighted by molar-refractivity contribution is 6.11. The first kappa shape index (κ1) is 23.4. The molecule has 3 heterocycles. The zero-order chi connectivity index (χ0) is 26.6. The quantitative estimate of drug-likeness (QED) is 0.300. The third kappa shape index (κ3) is 3.95. The highest BCUT2D eigenvalue weighted by Gasteiger charge is 2.17. The van der Waals surface area contributed by atoms with Gasteiger partial charge in [0.15, 0.2) is 11.6 Å². The molecule has 0 bridgehead atoms. The van der Waals surface area contributed by atoms with Gasteiger partial charge in [-0.2, -0.15) is 5.26 Å². The van der Waals surface area contributed by atoms with Gasteiger partial charge in [-0.1, -0.05) is 0 Å². The van der Waals surface area contributed by atoms with E-state index in [2.05, 4.69) is 64.8 Å². The van der Waals surface area contributed by atoms with Gasteiger partial charge >= 0.3 is 0 Å². The molecule has 6 aromatic rings. The number of nitrogens with zero attached hydrogens (tertiary/aromatic N) is 8. The lowest BCUT2D eigenvalue weighted by Crippen LogP contribution is -1.99. The molecule has 0 aliphatic heterocycles. The largest absolute Gasteiger partial charge is 0.309 e. The molecule has 8 nitrogen and oxygen atoms in total. The molecule has 0 unspecified atom stereocenters. The fraction of sp³-hybridized carbons (Fsp3) is 0.167. The van der Waals surface area contributed by atoms with Crippen molar-refractivity contribution in [1.29, 1.82) is 5.26 Å². The molecule has 0 N–H and O–H groups in total. The third-order valence-electron chi connectivity index (χ3n) is 6.57. The van der Waals surface area contributed by atoms with Gasteiger partial charge in [0.2, 0.25) is 0 Å². The molecule has 0 radical (unpaired) electrons. The smallest absolute Gasteiger partial charge is 0.163 e. The van der Waals surface area contributed by atoms with E-state index in [0.717, 1.165) is 44.2 Å². The van der Waals surface area contributed by atoms with Crippen LogP contribution in [-0.4, -0.2) is 34.5 Å². The van der Waals surface area contributed by atoms with Crippen LogP contribution in [0.1, 0.15) is 34.4 Å². The summed E-state index contributed by atoms with van der Waals surface area (Å²) in [6, 6.07) is 20.6. The maximum atomic E-state index is 9.39. The van der Waals surface area contributed by atoms with Crippen molar-refractivity contribution in [2.75, 3.05) is 0 Å². The van der Waals surface area contributed by atoms with Crippen molar-refractivity contribution in [3.8, 4) is 34.5 Å². The average molecular weight is 497 g/mol. The van der Waals surface area contributed by atoms with Crippen molar-refractivity contribution in [3.63, 3.8) is 0 Å². The molecule has 0 saturated carbocycles. The van der Waals surface area contributed by atoms with E-state index in [-0.39, 0.29) is 0 Å². The molecule has 0 saturated heterocycles. The number of hydrogen-bond acceptors (Lipinski definition) is 7. The first-order valence-corrected chi connectivity index (χ1v) is 12.3. The molecule has 0 aliphatic carbocycles. The molecule has 38 heavy (non-hydrogen) atoms. The van der Waals surface area contributed by atoms with Crippen molar-refractivity contribution in [1.82, 2.24) is 34.5 Å². The summed E-state index contributed by atoms with van der Waals surface area (Å²) >= 11 is 0. The minimum absolute atomic E-state index is 0.637. The number of aromatic nitrogens is 7. The summed E-state index contributed by atoms with van der Waals surface area (Å²) in [5.74, 6) is 4.04. The Morgan fingerprint density at radius 3 is 1.47 bits per heavy atom. The summed E-state index contributed by atoms with van der Waals surface area (Å²) in [5, 5.41) is 11.5. The summed E-state index contributed by atoms with van der Waals surface area (Å²) in [7, 11) is 0. The summed E-state index contributed by atoms with van der Waals surface area (Å²) in [4.78, 5) is 27.0. The molecular formula is C30H24N8. The molecule has 8 heteroatoms. The number of fused-ring (bicyclic) bond motifs is 3. The number of benzene rings is 3. The van der Waals surface area contributed by atoms with Gasteiger partial charge in [0, 0.05) is 27.6 Å². The van der Waals surface area contributed by atoms with E-state index in [1.165, 1.54) is 0 Å². The van der Waals surface area contributed by atoms with Crippen LogP contribution in [0, 0.1) is 45.9 Å². The Morgan fingerprint density at radius 1 is 0.579 bits per heavy atom. The van der Waals surface area contributed by atoms with E-state index in [0.29, 0.717) is 40.5 Å². The Balaban J connectivity index is 1.67. The van der Waals surface area contributed by atoms with E-state index >= 15 is 0 Å². The van der Waals surface area contributed by atoms with Crippen LogP contribution in [0.4, 0.5) is 0 Å². The van der Waals surface area contributed by atoms with Crippen molar-refractivity contribution < 1.29 is 0 Å². The van der Waals surface area contributed by atoms with Crippen LogP contribution in [0.5, 0.6) is 0 Å². The van der Waals surface area contributed by atoms with E-state index in [4.69, 9.17) is 0 Å². The minimum atomic E-state index is 0.637. The van der Waals surface area contributed by atoms with Gasteiger partial charge in [-0.15, -0.1) is 0 Å². The number of nitriles is 1. The van der Waals surface area contributed by atoms with Gasteiger partial charge in [0.1, 0.15) is 23.3 Å². The number of hydrogen-bond donors (Lipinski definition) is 0. The topological polar surface area (TPSA) is 106 Å². The lowest BCUT2D eigenvalue weighted by atomic mass is 10.1. The van der Waals surface area contributed by atoms with E-state index in [1.54, 1.807) is 0 Å². The van der Waals surface area contributed by atoms with Crippen LogP contribution in [0.15, 0.2) is 54.6 Å². The van der Waals surface area contributed by atoms with Gasteiger partial charge in [-0.25, -0.2) is 29.9 Å². The second-order valence-electron chi connectivity index (χ2n) is 9.42. The number of aryl methyl sites for hydroxylation is 5. The highest BCUT2D eigenvalue weighted by Crippen LogP contribution is 2.37. The number of rotatable bonds is 3.